The molecule has 136 valence electrons. The molecule has 0 unspecified atom stereocenters. The fourth-order valence-electron chi connectivity index (χ4n) is 3.41. The minimum atomic E-state index is -0.853. The molecular formula is C17H24FN5OS. The van der Waals surface area contributed by atoms with Gasteiger partial charge < -0.3 is 4.90 Å². The van der Waals surface area contributed by atoms with Crippen molar-refractivity contribution < 1.29 is 9.18 Å². The molecule has 0 radical (unpaired) electrons. The Morgan fingerprint density at radius 3 is 2.84 bits per heavy atom. The fraction of sp³-hybridized carbons (Fsp3) is 0.588. The molecule has 0 N–H and O–H groups in total. The Balaban J connectivity index is 1.67. The first-order chi connectivity index (χ1) is 11.8. The molecule has 0 saturated carbocycles. The molecular weight excluding hydrogens is 341 g/mol. The number of rotatable bonds is 5. The predicted molar refractivity (Wildman–Crippen MR) is 95.5 cm³/mol. The lowest BCUT2D eigenvalue weighted by Crippen LogP contribution is -2.41. The van der Waals surface area contributed by atoms with Crippen LogP contribution in [0.5, 0.6) is 0 Å². The van der Waals surface area contributed by atoms with Crippen LogP contribution in [0.2, 0.25) is 0 Å². The first-order valence-electron chi connectivity index (χ1n) is 8.38. The maximum absolute atomic E-state index is 14.0. The highest BCUT2D eigenvalue weighted by Gasteiger charge is 2.34. The lowest BCUT2D eigenvalue weighted by atomic mass is 10.1. The van der Waals surface area contributed by atoms with Crippen LogP contribution in [0.4, 0.5) is 4.39 Å². The Hall–Kier alpha value is -1.80. The van der Waals surface area contributed by atoms with Gasteiger partial charge in [-0.15, -0.1) is 11.3 Å². The Labute approximate surface area is 151 Å². The van der Waals surface area contributed by atoms with Gasteiger partial charge in [-0.2, -0.15) is 5.10 Å². The number of halogens is 1. The zero-order chi connectivity index (χ0) is 18.1. The average Bonchev–Trinajstić information content (AvgIpc) is 3.19. The molecule has 1 fully saturated rings. The SMILES string of the molecule is Cc1nc(CN2C[C@@H](F)C[C@H]2CN(C)C(=O)c2cn(C)nc2C)cs1. The van der Waals surface area contributed by atoms with Gasteiger partial charge in [-0.3, -0.25) is 14.4 Å². The second-order valence-corrected chi connectivity index (χ2v) is 7.82. The number of aryl methyl sites for hydroxylation is 3. The van der Waals surface area contributed by atoms with Crippen LogP contribution >= 0.6 is 11.3 Å². The quantitative estimate of drug-likeness (QED) is 0.815. The van der Waals surface area contributed by atoms with Gasteiger partial charge >= 0.3 is 0 Å². The van der Waals surface area contributed by atoms with Crippen LogP contribution in [0.25, 0.3) is 0 Å². The molecule has 3 rings (SSSR count). The smallest absolute Gasteiger partial charge is 0.257 e. The average molecular weight is 365 g/mol. The molecule has 2 atom stereocenters. The number of carbonyl (C=O) groups is 1. The van der Waals surface area contributed by atoms with E-state index in [1.807, 2.05) is 19.2 Å². The lowest BCUT2D eigenvalue weighted by Gasteiger charge is -2.27. The summed E-state index contributed by atoms with van der Waals surface area (Å²) in [5.41, 5.74) is 2.28. The van der Waals surface area contributed by atoms with Crippen LogP contribution in [-0.2, 0) is 13.6 Å². The molecule has 8 heteroatoms. The van der Waals surface area contributed by atoms with E-state index >= 15 is 0 Å². The maximum Gasteiger partial charge on any atom is 0.257 e. The van der Waals surface area contributed by atoms with E-state index in [0.717, 1.165) is 10.7 Å². The fourth-order valence-corrected chi connectivity index (χ4v) is 4.01. The molecule has 1 amide bonds. The summed E-state index contributed by atoms with van der Waals surface area (Å²) in [6.45, 7) is 5.32. The molecule has 0 aromatic carbocycles. The summed E-state index contributed by atoms with van der Waals surface area (Å²) in [7, 11) is 3.57. The molecule has 2 aromatic rings. The van der Waals surface area contributed by atoms with E-state index in [-0.39, 0.29) is 11.9 Å². The van der Waals surface area contributed by atoms with Crippen LogP contribution in [0.1, 0.15) is 33.2 Å². The molecule has 1 saturated heterocycles. The minimum Gasteiger partial charge on any atom is -0.340 e. The zero-order valence-electron chi connectivity index (χ0n) is 15.1. The maximum atomic E-state index is 14.0. The third-order valence-corrected chi connectivity index (χ3v) is 5.41. The third-order valence-electron chi connectivity index (χ3n) is 4.58. The van der Waals surface area contributed by atoms with Crippen molar-refractivity contribution in [3.05, 3.63) is 33.5 Å². The van der Waals surface area contributed by atoms with E-state index in [1.54, 1.807) is 41.2 Å². The van der Waals surface area contributed by atoms with Gasteiger partial charge in [-0.25, -0.2) is 9.37 Å². The lowest BCUT2D eigenvalue weighted by molar-refractivity contribution is 0.0748. The number of hydrogen-bond donors (Lipinski definition) is 0. The predicted octanol–water partition coefficient (Wildman–Crippen LogP) is 2.18. The number of thiazole rings is 1. The Bertz CT molecular complexity index is 758. The molecule has 1 aliphatic rings. The van der Waals surface area contributed by atoms with Crippen molar-refractivity contribution in [2.45, 2.75) is 39.0 Å². The van der Waals surface area contributed by atoms with Crippen LogP contribution in [0.15, 0.2) is 11.6 Å². The van der Waals surface area contributed by atoms with Gasteiger partial charge in [0.2, 0.25) is 0 Å². The Morgan fingerprint density at radius 1 is 1.48 bits per heavy atom. The number of amides is 1. The second kappa shape index (κ2) is 7.21. The zero-order valence-corrected chi connectivity index (χ0v) is 15.9. The first-order valence-corrected chi connectivity index (χ1v) is 9.26. The van der Waals surface area contributed by atoms with Gasteiger partial charge in [0.05, 0.1) is 22.0 Å². The number of nitrogens with zero attached hydrogens (tertiary/aromatic N) is 5. The van der Waals surface area contributed by atoms with Crippen molar-refractivity contribution in [2.24, 2.45) is 7.05 Å². The normalized spacial score (nSPS) is 21.0. The number of likely N-dealkylation sites (N-methyl/N-ethyl adjacent to an activating group) is 1. The van der Waals surface area contributed by atoms with Crippen LogP contribution in [0, 0.1) is 13.8 Å². The highest BCUT2D eigenvalue weighted by Crippen LogP contribution is 2.24. The first kappa shape index (κ1) is 18.0. The van der Waals surface area contributed by atoms with Crippen LogP contribution in [0.3, 0.4) is 0 Å². The van der Waals surface area contributed by atoms with Crippen LogP contribution in [-0.4, -0.2) is 62.8 Å². The summed E-state index contributed by atoms with van der Waals surface area (Å²) < 4.78 is 15.6. The Kier molecular flexibility index (Phi) is 5.19. The minimum absolute atomic E-state index is 0.00272. The summed E-state index contributed by atoms with van der Waals surface area (Å²) in [6.07, 6.45) is 1.33. The summed E-state index contributed by atoms with van der Waals surface area (Å²) in [4.78, 5) is 20.9. The van der Waals surface area contributed by atoms with Gasteiger partial charge in [0.15, 0.2) is 0 Å². The van der Waals surface area contributed by atoms with Crippen molar-refractivity contribution in [3.8, 4) is 0 Å². The highest BCUT2D eigenvalue weighted by atomic mass is 32.1. The molecule has 0 spiro atoms. The number of aromatic nitrogens is 3. The van der Waals surface area contributed by atoms with E-state index in [0.29, 0.717) is 37.3 Å². The van der Waals surface area contributed by atoms with Crippen molar-refractivity contribution >= 4 is 17.2 Å². The van der Waals surface area contributed by atoms with Gasteiger partial charge in [-0.1, -0.05) is 0 Å². The van der Waals surface area contributed by atoms with Crippen molar-refractivity contribution in [1.29, 1.82) is 0 Å². The van der Waals surface area contributed by atoms with Gasteiger partial charge in [0.25, 0.3) is 5.91 Å². The monoisotopic (exact) mass is 365 g/mol. The number of carbonyl (C=O) groups excluding carboxylic acids is 1. The standard InChI is InChI=1S/C17H24FN5OS/c1-11-16(9-22(4)20-11)17(24)21(3)8-15-5-13(18)6-23(15)7-14-10-25-12(2)19-14/h9-10,13,15H,5-8H2,1-4H3/t13-,15-/m0/s1. The van der Waals surface area contributed by atoms with E-state index in [1.165, 1.54) is 0 Å². The van der Waals surface area contributed by atoms with Crippen molar-refractivity contribution in [1.82, 2.24) is 24.6 Å². The topological polar surface area (TPSA) is 54.3 Å². The van der Waals surface area contributed by atoms with E-state index in [9.17, 15) is 9.18 Å². The molecule has 1 aliphatic heterocycles. The number of likely N-dealkylation sites (tertiary alicyclic amines) is 1. The third kappa shape index (κ3) is 4.07. The highest BCUT2D eigenvalue weighted by molar-refractivity contribution is 7.09. The van der Waals surface area contributed by atoms with E-state index in [4.69, 9.17) is 0 Å². The van der Waals surface area contributed by atoms with Crippen molar-refractivity contribution in [3.63, 3.8) is 0 Å². The Morgan fingerprint density at radius 2 is 2.24 bits per heavy atom. The second-order valence-electron chi connectivity index (χ2n) is 6.76. The van der Waals surface area contributed by atoms with Gasteiger partial charge in [0, 0.05) is 51.3 Å². The van der Waals surface area contributed by atoms with Crippen molar-refractivity contribution in [2.75, 3.05) is 20.1 Å². The molecule has 0 aliphatic carbocycles. The number of alkyl halides is 1. The largest absolute Gasteiger partial charge is 0.340 e. The molecule has 25 heavy (non-hydrogen) atoms. The molecule has 2 aromatic heterocycles. The van der Waals surface area contributed by atoms with E-state index < -0.39 is 6.17 Å². The van der Waals surface area contributed by atoms with E-state index in [2.05, 4.69) is 15.0 Å². The number of hydrogen-bond acceptors (Lipinski definition) is 5. The summed E-state index contributed by atoms with van der Waals surface area (Å²) in [5.74, 6) is -0.0719. The summed E-state index contributed by atoms with van der Waals surface area (Å²) in [5, 5.41) is 7.26. The molecule has 3 heterocycles. The molecule has 0 bridgehead atoms. The molecule has 6 nitrogen and oxygen atoms in total. The van der Waals surface area contributed by atoms with Gasteiger partial charge in [-0.05, 0) is 20.3 Å². The summed E-state index contributed by atoms with van der Waals surface area (Å²) >= 11 is 1.60. The van der Waals surface area contributed by atoms with Gasteiger partial charge in [0.1, 0.15) is 6.17 Å². The summed E-state index contributed by atoms with van der Waals surface area (Å²) in [6, 6.07) is 0.00272. The van der Waals surface area contributed by atoms with Crippen LogP contribution < -0.4 is 0 Å².